The minimum absolute atomic E-state index is 0.269. The van der Waals surface area contributed by atoms with Gasteiger partial charge in [0.1, 0.15) is 18.0 Å². The van der Waals surface area contributed by atoms with E-state index >= 15 is 0 Å². The lowest BCUT2D eigenvalue weighted by Gasteiger charge is -2.05. The molecule has 4 heteroatoms. The standard InChI is InChI=1S/C7H12O4/c1-3(2)6-4(8)5(9)7(10)11-6/h4-5,7-10H,1-2H3/t4-,5+,7-/m0/s1. The molecule has 1 rings (SSSR count). The number of aliphatic hydroxyl groups excluding tert-OH is 3. The van der Waals surface area contributed by atoms with Crippen molar-refractivity contribution in [2.75, 3.05) is 0 Å². The highest BCUT2D eigenvalue weighted by atomic mass is 16.6. The Labute approximate surface area is 64.7 Å². The summed E-state index contributed by atoms with van der Waals surface area (Å²) in [5, 5.41) is 27.2. The monoisotopic (exact) mass is 160 g/mol. The second kappa shape index (κ2) is 2.81. The molecule has 0 aromatic heterocycles. The van der Waals surface area contributed by atoms with Crippen LogP contribution in [0.1, 0.15) is 13.8 Å². The maximum Gasteiger partial charge on any atom is 0.226 e. The summed E-state index contributed by atoms with van der Waals surface area (Å²) in [5.41, 5.74) is 0.758. The van der Waals surface area contributed by atoms with Crippen molar-refractivity contribution in [3.8, 4) is 0 Å². The van der Waals surface area contributed by atoms with Crippen LogP contribution in [0.4, 0.5) is 0 Å². The summed E-state index contributed by atoms with van der Waals surface area (Å²) in [5.74, 6) is 0.269. The van der Waals surface area contributed by atoms with Crippen LogP contribution in [0.2, 0.25) is 0 Å². The lowest BCUT2D eigenvalue weighted by atomic mass is 10.1. The van der Waals surface area contributed by atoms with E-state index in [4.69, 9.17) is 14.9 Å². The topological polar surface area (TPSA) is 69.9 Å². The lowest BCUT2D eigenvalue weighted by Crippen LogP contribution is -2.29. The summed E-state index contributed by atoms with van der Waals surface area (Å²) in [7, 11) is 0. The summed E-state index contributed by atoms with van der Waals surface area (Å²) < 4.78 is 4.78. The Hall–Kier alpha value is -0.580. The Morgan fingerprint density at radius 2 is 1.82 bits per heavy atom. The van der Waals surface area contributed by atoms with E-state index in [1.807, 2.05) is 0 Å². The van der Waals surface area contributed by atoms with Crippen LogP contribution in [-0.4, -0.2) is 33.8 Å². The Kier molecular flexibility index (Phi) is 2.17. The minimum atomic E-state index is -1.30. The highest BCUT2D eigenvalue weighted by Gasteiger charge is 2.38. The van der Waals surface area contributed by atoms with E-state index in [2.05, 4.69) is 0 Å². The molecule has 0 amide bonds. The molecule has 0 unspecified atom stereocenters. The van der Waals surface area contributed by atoms with Crippen molar-refractivity contribution in [1.82, 2.24) is 0 Å². The molecule has 0 spiro atoms. The van der Waals surface area contributed by atoms with Gasteiger partial charge in [0, 0.05) is 0 Å². The highest BCUT2D eigenvalue weighted by molar-refractivity contribution is 5.14. The summed E-state index contributed by atoms with van der Waals surface area (Å²) >= 11 is 0. The molecule has 0 radical (unpaired) electrons. The summed E-state index contributed by atoms with van der Waals surface area (Å²) in [6.07, 6.45) is -3.61. The van der Waals surface area contributed by atoms with Crippen LogP contribution in [0.15, 0.2) is 11.3 Å². The van der Waals surface area contributed by atoms with Gasteiger partial charge in [-0.3, -0.25) is 0 Å². The fourth-order valence-corrected chi connectivity index (χ4v) is 0.994. The number of hydrogen-bond donors (Lipinski definition) is 3. The zero-order chi connectivity index (χ0) is 8.59. The molecule has 4 nitrogen and oxygen atoms in total. The number of ether oxygens (including phenoxy) is 1. The average molecular weight is 160 g/mol. The molecule has 1 heterocycles. The summed E-state index contributed by atoms with van der Waals surface area (Å²) in [4.78, 5) is 0. The van der Waals surface area contributed by atoms with Gasteiger partial charge in [-0.1, -0.05) is 0 Å². The van der Waals surface area contributed by atoms with Crippen LogP contribution in [0.25, 0.3) is 0 Å². The minimum Gasteiger partial charge on any atom is -0.464 e. The van der Waals surface area contributed by atoms with Crippen LogP contribution in [-0.2, 0) is 4.74 Å². The van der Waals surface area contributed by atoms with E-state index in [9.17, 15) is 5.11 Å². The first kappa shape index (κ1) is 8.52. The molecular weight excluding hydrogens is 148 g/mol. The van der Waals surface area contributed by atoms with Crippen molar-refractivity contribution >= 4 is 0 Å². The Balaban J connectivity index is 2.84. The van der Waals surface area contributed by atoms with Crippen molar-refractivity contribution in [2.24, 2.45) is 0 Å². The van der Waals surface area contributed by atoms with E-state index < -0.39 is 18.5 Å². The van der Waals surface area contributed by atoms with Gasteiger partial charge in [0.05, 0.1) is 0 Å². The van der Waals surface area contributed by atoms with Crippen molar-refractivity contribution in [1.29, 1.82) is 0 Å². The van der Waals surface area contributed by atoms with Gasteiger partial charge < -0.3 is 20.1 Å². The zero-order valence-corrected chi connectivity index (χ0v) is 6.48. The first-order valence-electron chi connectivity index (χ1n) is 3.42. The Morgan fingerprint density at radius 3 is 2.00 bits per heavy atom. The fourth-order valence-electron chi connectivity index (χ4n) is 0.994. The molecule has 0 saturated carbocycles. The molecule has 1 saturated heterocycles. The first-order valence-corrected chi connectivity index (χ1v) is 3.42. The van der Waals surface area contributed by atoms with E-state index in [1.54, 1.807) is 13.8 Å². The molecule has 1 aliphatic rings. The van der Waals surface area contributed by atoms with Crippen molar-refractivity contribution < 1.29 is 20.1 Å². The van der Waals surface area contributed by atoms with Crippen LogP contribution in [0, 0.1) is 0 Å². The normalized spacial score (nSPS) is 37.2. The number of aliphatic hydroxyl groups is 3. The van der Waals surface area contributed by atoms with E-state index in [0.29, 0.717) is 0 Å². The molecule has 0 bridgehead atoms. The van der Waals surface area contributed by atoms with Gasteiger partial charge in [-0.2, -0.15) is 0 Å². The molecule has 0 aromatic rings. The van der Waals surface area contributed by atoms with Gasteiger partial charge in [-0.05, 0) is 19.4 Å². The summed E-state index contributed by atoms with van der Waals surface area (Å²) in [6, 6.07) is 0. The lowest BCUT2D eigenvalue weighted by molar-refractivity contribution is -0.103. The summed E-state index contributed by atoms with van der Waals surface area (Å²) in [6.45, 7) is 3.48. The number of hydrogen-bond acceptors (Lipinski definition) is 4. The molecule has 3 N–H and O–H groups in total. The van der Waals surface area contributed by atoms with Gasteiger partial charge in [0.2, 0.25) is 6.29 Å². The van der Waals surface area contributed by atoms with E-state index in [1.165, 1.54) is 0 Å². The Morgan fingerprint density at radius 1 is 1.27 bits per heavy atom. The molecular formula is C7H12O4. The molecule has 0 aromatic carbocycles. The second-order valence-electron chi connectivity index (χ2n) is 2.81. The maximum atomic E-state index is 9.21. The molecule has 3 atom stereocenters. The van der Waals surface area contributed by atoms with Crippen LogP contribution in [0.3, 0.4) is 0 Å². The molecule has 1 aliphatic heterocycles. The van der Waals surface area contributed by atoms with Crippen molar-refractivity contribution in [3.05, 3.63) is 11.3 Å². The third kappa shape index (κ3) is 1.38. The second-order valence-corrected chi connectivity index (χ2v) is 2.81. The third-order valence-electron chi connectivity index (χ3n) is 1.62. The predicted molar refractivity (Wildman–Crippen MR) is 37.5 cm³/mol. The average Bonchev–Trinajstić information content (AvgIpc) is 2.17. The van der Waals surface area contributed by atoms with Gasteiger partial charge in [-0.15, -0.1) is 0 Å². The number of rotatable bonds is 0. The van der Waals surface area contributed by atoms with Crippen molar-refractivity contribution in [3.63, 3.8) is 0 Å². The van der Waals surface area contributed by atoms with Crippen molar-refractivity contribution in [2.45, 2.75) is 32.3 Å². The van der Waals surface area contributed by atoms with Crippen LogP contribution < -0.4 is 0 Å². The molecule has 11 heavy (non-hydrogen) atoms. The Bertz CT molecular complexity index is 183. The van der Waals surface area contributed by atoms with E-state index in [0.717, 1.165) is 5.57 Å². The number of allylic oxidation sites excluding steroid dienone is 1. The van der Waals surface area contributed by atoms with Gasteiger partial charge >= 0.3 is 0 Å². The van der Waals surface area contributed by atoms with Gasteiger partial charge in [0.25, 0.3) is 0 Å². The smallest absolute Gasteiger partial charge is 0.226 e. The van der Waals surface area contributed by atoms with E-state index in [-0.39, 0.29) is 5.76 Å². The largest absolute Gasteiger partial charge is 0.464 e. The van der Waals surface area contributed by atoms with Crippen LogP contribution >= 0.6 is 0 Å². The van der Waals surface area contributed by atoms with Crippen LogP contribution in [0.5, 0.6) is 0 Å². The predicted octanol–water partition coefficient (Wildman–Crippen LogP) is -0.649. The first-order chi connectivity index (χ1) is 5.04. The fraction of sp³-hybridized carbons (Fsp3) is 0.714. The maximum absolute atomic E-state index is 9.21. The molecule has 64 valence electrons. The highest BCUT2D eigenvalue weighted by Crippen LogP contribution is 2.25. The quantitative estimate of drug-likeness (QED) is 0.440. The zero-order valence-electron chi connectivity index (χ0n) is 6.48. The SMILES string of the molecule is CC(C)=C1O[C@H](O)[C@H](O)[C@@H]1O. The van der Waals surface area contributed by atoms with Gasteiger partial charge in [-0.25, -0.2) is 0 Å². The third-order valence-corrected chi connectivity index (χ3v) is 1.62. The molecule has 0 aliphatic carbocycles. The van der Waals surface area contributed by atoms with Gasteiger partial charge in [0.15, 0.2) is 0 Å². The molecule has 1 fully saturated rings.